The summed E-state index contributed by atoms with van der Waals surface area (Å²) in [7, 11) is 0. The molecule has 2 aromatic carbocycles. The number of benzene rings is 2. The van der Waals surface area contributed by atoms with Gasteiger partial charge in [0, 0.05) is 17.4 Å². The van der Waals surface area contributed by atoms with Gasteiger partial charge in [0.05, 0.1) is 0 Å². The number of aliphatic carboxylic acids is 1. The summed E-state index contributed by atoms with van der Waals surface area (Å²) in [5.74, 6) is -0.811. The second-order valence-corrected chi connectivity index (χ2v) is 6.05. The Labute approximate surface area is 152 Å². The predicted octanol–water partition coefficient (Wildman–Crippen LogP) is 3.39. The zero-order chi connectivity index (χ0) is 18.2. The molecule has 2 unspecified atom stereocenters. The molecule has 0 saturated carbocycles. The molecule has 0 spiro atoms. The lowest BCUT2D eigenvalue weighted by atomic mass is 10.0. The normalized spacial score (nSPS) is 12.9. The molecule has 2 aromatic rings. The number of carbonyl (C=O) groups excluding carboxylic acids is 1. The Kier molecular flexibility index (Phi) is 6.89. The van der Waals surface area contributed by atoms with E-state index in [1.807, 2.05) is 31.2 Å². The summed E-state index contributed by atoms with van der Waals surface area (Å²) in [5.41, 5.74) is 2.63. The van der Waals surface area contributed by atoms with Crippen LogP contribution in [0.4, 0.5) is 4.79 Å². The monoisotopic (exact) mass is 359 g/mol. The van der Waals surface area contributed by atoms with Crippen molar-refractivity contribution in [3.05, 3.63) is 71.3 Å². The SMILES string of the molecule is Cc1ccccc1CC(CS)NC(=O)OC(C(=O)O)c1ccccc1. The van der Waals surface area contributed by atoms with Crippen molar-refractivity contribution in [1.82, 2.24) is 5.32 Å². The van der Waals surface area contributed by atoms with Gasteiger partial charge < -0.3 is 15.2 Å². The van der Waals surface area contributed by atoms with Crippen LogP contribution in [0.25, 0.3) is 0 Å². The molecule has 0 bridgehead atoms. The molecule has 0 saturated heterocycles. The van der Waals surface area contributed by atoms with Crippen molar-refractivity contribution in [2.75, 3.05) is 5.75 Å². The minimum Gasteiger partial charge on any atom is -0.478 e. The Morgan fingerprint density at radius 2 is 1.76 bits per heavy atom. The van der Waals surface area contributed by atoms with Gasteiger partial charge in [0.15, 0.2) is 0 Å². The van der Waals surface area contributed by atoms with Gasteiger partial charge in [-0.05, 0) is 24.5 Å². The minimum atomic E-state index is -1.35. The van der Waals surface area contributed by atoms with Crippen LogP contribution >= 0.6 is 12.6 Å². The first-order chi connectivity index (χ1) is 12.0. The lowest BCUT2D eigenvalue weighted by Crippen LogP contribution is -2.39. The lowest BCUT2D eigenvalue weighted by molar-refractivity contribution is -0.147. The van der Waals surface area contributed by atoms with Crippen LogP contribution in [0.5, 0.6) is 0 Å². The zero-order valence-electron chi connectivity index (χ0n) is 13.9. The van der Waals surface area contributed by atoms with Gasteiger partial charge in [0.1, 0.15) is 0 Å². The van der Waals surface area contributed by atoms with Gasteiger partial charge in [-0.3, -0.25) is 0 Å². The van der Waals surface area contributed by atoms with Crippen LogP contribution in [0, 0.1) is 6.92 Å². The maximum Gasteiger partial charge on any atom is 0.408 e. The highest BCUT2D eigenvalue weighted by Crippen LogP contribution is 2.18. The molecule has 0 heterocycles. The molecule has 0 aromatic heterocycles. The Balaban J connectivity index is 2.01. The molecule has 0 aliphatic carbocycles. The van der Waals surface area contributed by atoms with E-state index in [4.69, 9.17) is 4.74 Å². The summed E-state index contributed by atoms with van der Waals surface area (Å²) < 4.78 is 5.11. The molecule has 25 heavy (non-hydrogen) atoms. The highest BCUT2D eigenvalue weighted by Gasteiger charge is 2.25. The fraction of sp³-hybridized carbons (Fsp3) is 0.263. The van der Waals surface area contributed by atoms with Crippen LogP contribution in [0.15, 0.2) is 54.6 Å². The first-order valence-corrected chi connectivity index (χ1v) is 8.54. The molecule has 6 heteroatoms. The van der Waals surface area contributed by atoms with Crippen LogP contribution in [0.1, 0.15) is 22.8 Å². The number of amides is 1. The first kappa shape index (κ1) is 18.9. The highest BCUT2D eigenvalue weighted by molar-refractivity contribution is 7.80. The number of ether oxygens (including phenoxy) is 1. The lowest BCUT2D eigenvalue weighted by Gasteiger charge is -2.20. The van der Waals surface area contributed by atoms with E-state index in [-0.39, 0.29) is 6.04 Å². The van der Waals surface area contributed by atoms with Crippen LogP contribution < -0.4 is 5.32 Å². The number of alkyl carbamates (subject to hydrolysis) is 1. The average molecular weight is 359 g/mol. The second-order valence-electron chi connectivity index (χ2n) is 5.69. The number of rotatable bonds is 7. The number of hydrogen-bond acceptors (Lipinski definition) is 4. The van der Waals surface area contributed by atoms with Gasteiger partial charge >= 0.3 is 12.1 Å². The van der Waals surface area contributed by atoms with E-state index in [2.05, 4.69) is 17.9 Å². The standard InChI is InChI=1S/C19H21NO4S/c1-13-7-5-6-10-15(13)11-16(12-25)20-19(23)24-17(18(21)22)14-8-3-2-4-9-14/h2-10,16-17,25H,11-12H2,1H3,(H,20,23)(H,21,22). The Morgan fingerprint density at radius 3 is 2.36 bits per heavy atom. The third-order valence-electron chi connectivity index (χ3n) is 3.82. The fourth-order valence-electron chi connectivity index (χ4n) is 2.46. The van der Waals surface area contributed by atoms with E-state index in [1.165, 1.54) is 0 Å². The second kappa shape index (κ2) is 9.13. The van der Waals surface area contributed by atoms with Crippen molar-refractivity contribution in [2.45, 2.75) is 25.5 Å². The molecular weight excluding hydrogens is 338 g/mol. The molecule has 5 nitrogen and oxygen atoms in total. The fourth-order valence-corrected chi connectivity index (χ4v) is 2.68. The van der Waals surface area contributed by atoms with Crippen molar-refractivity contribution in [3.8, 4) is 0 Å². The van der Waals surface area contributed by atoms with Crippen molar-refractivity contribution >= 4 is 24.7 Å². The molecular formula is C19H21NO4S. The van der Waals surface area contributed by atoms with Crippen molar-refractivity contribution in [2.24, 2.45) is 0 Å². The van der Waals surface area contributed by atoms with Crippen LogP contribution in [0.2, 0.25) is 0 Å². The number of nitrogens with one attached hydrogen (secondary N) is 1. The largest absolute Gasteiger partial charge is 0.478 e. The molecule has 1 amide bonds. The zero-order valence-corrected chi connectivity index (χ0v) is 14.8. The van der Waals surface area contributed by atoms with Gasteiger partial charge in [0.2, 0.25) is 6.10 Å². The van der Waals surface area contributed by atoms with Gasteiger partial charge in [-0.1, -0.05) is 54.6 Å². The summed E-state index contributed by atoms with van der Waals surface area (Å²) in [5, 5.41) is 12.0. The topological polar surface area (TPSA) is 75.6 Å². The molecule has 0 aliphatic rings. The van der Waals surface area contributed by atoms with Crippen LogP contribution in [-0.2, 0) is 16.0 Å². The van der Waals surface area contributed by atoms with E-state index >= 15 is 0 Å². The number of hydrogen-bond donors (Lipinski definition) is 3. The minimum absolute atomic E-state index is 0.262. The molecule has 2 rings (SSSR count). The summed E-state index contributed by atoms with van der Waals surface area (Å²) in [6, 6.07) is 16.0. The van der Waals surface area contributed by atoms with Crippen LogP contribution in [0.3, 0.4) is 0 Å². The highest BCUT2D eigenvalue weighted by atomic mass is 32.1. The third kappa shape index (κ3) is 5.53. The number of carbonyl (C=O) groups is 2. The predicted molar refractivity (Wildman–Crippen MR) is 99.0 cm³/mol. The number of aryl methyl sites for hydroxylation is 1. The number of carboxylic acids is 1. The average Bonchev–Trinajstić information content (AvgIpc) is 2.61. The smallest absolute Gasteiger partial charge is 0.408 e. The molecule has 2 N–H and O–H groups in total. The summed E-state index contributed by atoms with van der Waals surface area (Å²) in [6.07, 6.45) is -1.53. The Hall–Kier alpha value is -2.47. The molecule has 0 radical (unpaired) electrons. The molecule has 2 atom stereocenters. The molecule has 0 fully saturated rings. The Morgan fingerprint density at radius 1 is 1.12 bits per heavy atom. The van der Waals surface area contributed by atoms with Crippen molar-refractivity contribution < 1.29 is 19.4 Å². The van der Waals surface area contributed by atoms with Crippen molar-refractivity contribution in [1.29, 1.82) is 0 Å². The quantitative estimate of drug-likeness (QED) is 0.663. The first-order valence-electron chi connectivity index (χ1n) is 7.91. The summed E-state index contributed by atoms with van der Waals surface area (Å²) in [6.45, 7) is 2.00. The van der Waals surface area contributed by atoms with Crippen molar-refractivity contribution in [3.63, 3.8) is 0 Å². The van der Waals surface area contributed by atoms with Gasteiger partial charge in [-0.2, -0.15) is 12.6 Å². The third-order valence-corrected chi connectivity index (χ3v) is 4.26. The number of thiol groups is 1. The molecule has 0 aliphatic heterocycles. The van der Waals surface area contributed by atoms with Gasteiger partial charge in [-0.15, -0.1) is 0 Å². The summed E-state index contributed by atoms with van der Waals surface area (Å²) >= 11 is 4.27. The van der Waals surface area contributed by atoms with E-state index < -0.39 is 18.2 Å². The molecule has 132 valence electrons. The van der Waals surface area contributed by atoms with Gasteiger partial charge in [0.25, 0.3) is 0 Å². The maximum atomic E-state index is 12.1. The Bertz CT molecular complexity index is 720. The maximum absolute atomic E-state index is 12.1. The van der Waals surface area contributed by atoms with E-state index in [0.29, 0.717) is 17.7 Å². The van der Waals surface area contributed by atoms with Gasteiger partial charge in [-0.25, -0.2) is 9.59 Å². The summed E-state index contributed by atoms with van der Waals surface area (Å²) in [4.78, 5) is 23.6. The number of carboxylic acid groups (broad SMARTS) is 1. The van der Waals surface area contributed by atoms with E-state index in [1.54, 1.807) is 30.3 Å². The van der Waals surface area contributed by atoms with Crippen LogP contribution in [-0.4, -0.2) is 29.0 Å². The van der Waals surface area contributed by atoms with E-state index in [0.717, 1.165) is 11.1 Å². The van der Waals surface area contributed by atoms with E-state index in [9.17, 15) is 14.7 Å².